The third-order valence-corrected chi connectivity index (χ3v) is 5.57. The van der Waals surface area contributed by atoms with E-state index in [1.165, 1.54) is 11.3 Å². The number of hydrogen-bond donors (Lipinski definition) is 2. The molecule has 2 amide bonds. The van der Waals surface area contributed by atoms with Gasteiger partial charge in [0.15, 0.2) is 5.13 Å². The van der Waals surface area contributed by atoms with Crippen LogP contribution < -0.4 is 20.1 Å². The average Bonchev–Trinajstić information content (AvgIpc) is 3.39. The molecule has 150 valence electrons. The van der Waals surface area contributed by atoms with Crippen LogP contribution in [-0.2, 0) is 9.59 Å². The minimum absolute atomic E-state index is 0.0620. The number of amides is 2. The molecule has 0 saturated heterocycles. The lowest BCUT2D eigenvalue weighted by atomic mass is 10.1. The minimum Gasteiger partial charge on any atom is -0.497 e. The van der Waals surface area contributed by atoms with Gasteiger partial charge < -0.3 is 20.1 Å². The topological polar surface area (TPSA) is 89.5 Å². The van der Waals surface area contributed by atoms with Crippen molar-refractivity contribution >= 4 is 28.3 Å². The Morgan fingerprint density at radius 3 is 2.71 bits per heavy atom. The summed E-state index contributed by atoms with van der Waals surface area (Å²) in [7, 11) is 3.20. The highest BCUT2D eigenvalue weighted by molar-refractivity contribution is 7.14. The Labute approximate surface area is 168 Å². The predicted octanol–water partition coefficient (Wildman–Crippen LogP) is 3.46. The summed E-state index contributed by atoms with van der Waals surface area (Å²) in [4.78, 5) is 28.6. The zero-order chi connectivity index (χ0) is 19.9. The van der Waals surface area contributed by atoms with Gasteiger partial charge in [0, 0.05) is 29.8 Å². The summed E-state index contributed by atoms with van der Waals surface area (Å²) in [6.45, 7) is 0.336. The van der Waals surface area contributed by atoms with Crippen LogP contribution in [0.25, 0.3) is 11.3 Å². The number of aromatic nitrogens is 1. The van der Waals surface area contributed by atoms with Crippen LogP contribution in [0.5, 0.6) is 11.5 Å². The van der Waals surface area contributed by atoms with E-state index in [2.05, 4.69) is 15.6 Å². The van der Waals surface area contributed by atoms with Crippen molar-refractivity contribution in [1.29, 1.82) is 0 Å². The van der Waals surface area contributed by atoms with E-state index in [0.29, 0.717) is 28.9 Å². The van der Waals surface area contributed by atoms with Crippen LogP contribution in [0.15, 0.2) is 23.6 Å². The van der Waals surface area contributed by atoms with Gasteiger partial charge in [-0.2, -0.15) is 0 Å². The number of benzene rings is 1. The highest BCUT2D eigenvalue weighted by Gasteiger charge is 2.22. The van der Waals surface area contributed by atoms with Crippen molar-refractivity contribution in [3.05, 3.63) is 23.6 Å². The molecule has 1 aromatic heterocycles. The SMILES string of the molecule is COc1ccc(OC)c(-c2csc(NC(=O)CCNC(=O)C3CCCC3)n2)c1. The fourth-order valence-corrected chi connectivity index (χ4v) is 4.01. The zero-order valence-electron chi connectivity index (χ0n) is 16.1. The van der Waals surface area contributed by atoms with Gasteiger partial charge in [0.2, 0.25) is 11.8 Å². The molecule has 0 unspecified atom stereocenters. The molecule has 1 saturated carbocycles. The molecule has 8 heteroatoms. The number of carbonyl (C=O) groups excluding carboxylic acids is 2. The van der Waals surface area contributed by atoms with Crippen LogP contribution in [0.4, 0.5) is 5.13 Å². The average molecular weight is 404 g/mol. The summed E-state index contributed by atoms with van der Waals surface area (Å²) in [6.07, 6.45) is 4.35. The van der Waals surface area contributed by atoms with Gasteiger partial charge in [0.1, 0.15) is 11.5 Å². The van der Waals surface area contributed by atoms with Gasteiger partial charge in [0.05, 0.1) is 19.9 Å². The molecule has 3 rings (SSSR count). The number of hydrogen-bond acceptors (Lipinski definition) is 6. The quantitative estimate of drug-likeness (QED) is 0.705. The summed E-state index contributed by atoms with van der Waals surface area (Å²) in [5.74, 6) is 1.38. The summed E-state index contributed by atoms with van der Waals surface area (Å²) in [5.41, 5.74) is 1.49. The number of nitrogens with zero attached hydrogens (tertiary/aromatic N) is 1. The molecular formula is C20H25N3O4S. The van der Waals surface area contributed by atoms with Gasteiger partial charge in [-0.15, -0.1) is 11.3 Å². The molecule has 7 nitrogen and oxygen atoms in total. The second-order valence-electron chi connectivity index (χ2n) is 6.67. The Kier molecular flexibility index (Phi) is 6.86. The molecule has 2 N–H and O–H groups in total. The lowest BCUT2D eigenvalue weighted by molar-refractivity contribution is -0.124. The highest BCUT2D eigenvalue weighted by Crippen LogP contribution is 2.35. The zero-order valence-corrected chi connectivity index (χ0v) is 16.9. The number of ether oxygens (including phenoxy) is 2. The third kappa shape index (κ3) is 5.01. The monoisotopic (exact) mass is 403 g/mol. The second kappa shape index (κ2) is 9.54. The van der Waals surface area contributed by atoms with Crippen LogP contribution in [0, 0.1) is 5.92 Å². The first-order chi connectivity index (χ1) is 13.6. The van der Waals surface area contributed by atoms with E-state index in [-0.39, 0.29) is 24.2 Å². The Bertz CT molecular complexity index is 831. The fourth-order valence-electron chi connectivity index (χ4n) is 3.28. The maximum absolute atomic E-state index is 12.1. The van der Waals surface area contributed by atoms with E-state index in [4.69, 9.17) is 9.47 Å². The van der Waals surface area contributed by atoms with Crippen molar-refractivity contribution in [2.75, 3.05) is 26.1 Å². The van der Waals surface area contributed by atoms with E-state index in [1.54, 1.807) is 14.2 Å². The van der Waals surface area contributed by atoms with Gasteiger partial charge in [-0.25, -0.2) is 4.98 Å². The summed E-state index contributed by atoms with van der Waals surface area (Å²) < 4.78 is 10.7. The lowest BCUT2D eigenvalue weighted by Crippen LogP contribution is -2.31. The van der Waals surface area contributed by atoms with Crippen LogP contribution in [0.3, 0.4) is 0 Å². The maximum Gasteiger partial charge on any atom is 0.227 e. The molecule has 1 aromatic carbocycles. The van der Waals surface area contributed by atoms with Gasteiger partial charge in [-0.1, -0.05) is 12.8 Å². The standard InChI is InChI=1S/C20H25N3O4S/c1-26-14-7-8-17(27-2)15(11-14)16-12-28-20(22-16)23-18(24)9-10-21-19(25)13-5-3-4-6-13/h7-8,11-13H,3-6,9-10H2,1-2H3,(H,21,25)(H,22,23,24). The van der Waals surface area contributed by atoms with Crippen molar-refractivity contribution in [2.24, 2.45) is 5.92 Å². The first kappa shape index (κ1) is 20.1. The van der Waals surface area contributed by atoms with Crippen LogP contribution in [-0.4, -0.2) is 37.6 Å². The number of anilines is 1. The van der Waals surface area contributed by atoms with E-state index >= 15 is 0 Å². The second-order valence-corrected chi connectivity index (χ2v) is 7.53. The molecule has 2 aromatic rings. The molecule has 0 spiro atoms. The van der Waals surface area contributed by atoms with Gasteiger partial charge >= 0.3 is 0 Å². The van der Waals surface area contributed by atoms with E-state index in [1.807, 2.05) is 23.6 Å². The Morgan fingerprint density at radius 1 is 1.21 bits per heavy atom. The highest BCUT2D eigenvalue weighted by atomic mass is 32.1. The molecule has 0 bridgehead atoms. The molecule has 0 atom stereocenters. The molecule has 28 heavy (non-hydrogen) atoms. The summed E-state index contributed by atoms with van der Waals surface area (Å²) in [6, 6.07) is 5.48. The number of carbonyl (C=O) groups is 2. The van der Waals surface area contributed by atoms with E-state index in [9.17, 15) is 9.59 Å². The Morgan fingerprint density at radius 2 is 2.00 bits per heavy atom. The van der Waals surface area contributed by atoms with Crippen LogP contribution in [0.1, 0.15) is 32.1 Å². The first-order valence-corrected chi connectivity index (χ1v) is 10.2. The van der Waals surface area contributed by atoms with Crippen molar-refractivity contribution in [3.8, 4) is 22.8 Å². The molecule has 0 radical (unpaired) electrons. The third-order valence-electron chi connectivity index (χ3n) is 4.81. The normalized spacial score (nSPS) is 13.9. The van der Waals surface area contributed by atoms with E-state index < -0.39 is 0 Å². The number of nitrogens with one attached hydrogen (secondary N) is 2. The first-order valence-electron chi connectivity index (χ1n) is 9.36. The van der Waals surface area contributed by atoms with Gasteiger partial charge in [0.25, 0.3) is 0 Å². The largest absolute Gasteiger partial charge is 0.497 e. The van der Waals surface area contributed by atoms with Crippen molar-refractivity contribution < 1.29 is 19.1 Å². The molecule has 1 heterocycles. The van der Waals surface area contributed by atoms with Crippen molar-refractivity contribution in [3.63, 3.8) is 0 Å². The minimum atomic E-state index is -0.176. The summed E-state index contributed by atoms with van der Waals surface area (Å²) in [5, 5.41) is 8.00. The number of rotatable bonds is 8. The maximum atomic E-state index is 12.1. The predicted molar refractivity (Wildman–Crippen MR) is 109 cm³/mol. The number of thiazole rings is 1. The molecule has 0 aliphatic heterocycles. The molecule has 1 aliphatic carbocycles. The van der Waals surface area contributed by atoms with E-state index in [0.717, 1.165) is 31.2 Å². The molecule has 1 aliphatic rings. The van der Waals surface area contributed by atoms with Gasteiger partial charge in [-0.05, 0) is 31.0 Å². The van der Waals surface area contributed by atoms with Crippen molar-refractivity contribution in [1.82, 2.24) is 10.3 Å². The molecular weight excluding hydrogens is 378 g/mol. The van der Waals surface area contributed by atoms with Crippen LogP contribution in [0.2, 0.25) is 0 Å². The Balaban J connectivity index is 1.54. The van der Waals surface area contributed by atoms with Gasteiger partial charge in [-0.3, -0.25) is 9.59 Å². The lowest BCUT2D eigenvalue weighted by Gasteiger charge is -2.10. The molecule has 1 fully saturated rings. The van der Waals surface area contributed by atoms with Crippen molar-refractivity contribution in [2.45, 2.75) is 32.1 Å². The Hall–Kier alpha value is -2.61. The fraction of sp³-hybridized carbons (Fsp3) is 0.450. The summed E-state index contributed by atoms with van der Waals surface area (Å²) >= 11 is 1.34. The smallest absolute Gasteiger partial charge is 0.227 e. The number of methoxy groups -OCH3 is 2. The van der Waals surface area contributed by atoms with Crippen LogP contribution >= 0.6 is 11.3 Å².